The molecule has 0 aromatic carbocycles. The van der Waals surface area contributed by atoms with Crippen molar-refractivity contribution in [2.75, 3.05) is 20.3 Å². The summed E-state index contributed by atoms with van der Waals surface area (Å²) >= 11 is 0. The lowest BCUT2D eigenvalue weighted by Crippen LogP contribution is -2.26. The highest BCUT2D eigenvalue weighted by molar-refractivity contribution is 5.93. The molecule has 0 aliphatic rings. The van der Waals surface area contributed by atoms with Gasteiger partial charge in [0.15, 0.2) is 0 Å². The predicted octanol–water partition coefficient (Wildman–Crippen LogP) is 1.21. The van der Waals surface area contributed by atoms with E-state index in [1.165, 1.54) is 0 Å². The monoisotopic (exact) mass is 288 g/mol. The minimum Gasteiger partial charge on any atom is -0.383 e. The Bertz CT molecular complexity index is 581. The van der Waals surface area contributed by atoms with E-state index in [9.17, 15) is 4.79 Å². The number of pyridine rings is 1. The molecule has 0 saturated carbocycles. The van der Waals surface area contributed by atoms with Gasteiger partial charge in [-0.1, -0.05) is 0 Å². The van der Waals surface area contributed by atoms with E-state index in [-0.39, 0.29) is 5.91 Å². The molecule has 0 aliphatic heterocycles. The predicted molar refractivity (Wildman–Crippen MR) is 79.1 cm³/mol. The van der Waals surface area contributed by atoms with Crippen LogP contribution >= 0.6 is 0 Å². The van der Waals surface area contributed by atoms with Crippen LogP contribution in [0.25, 0.3) is 0 Å². The third-order valence-corrected chi connectivity index (χ3v) is 3.23. The van der Waals surface area contributed by atoms with Gasteiger partial charge in [0, 0.05) is 56.5 Å². The van der Waals surface area contributed by atoms with E-state index in [0.717, 1.165) is 18.1 Å². The fourth-order valence-corrected chi connectivity index (χ4v) is 2.09. The van der Waals surface area contributed by atoms with Crippen LogP contribution < -0.4 is 5.32 Å². The number of ether oxygens (including phenoxy) is 1. The van der Waals surface area contributed by atoms with Crippen LogP contribution in [0.2, 0.25) is 0 Å². The maximum absolute atomic E-state index is 11.9. The van der Waals surface area contributed by atoms with Gasteiger partial charge in [-0.3, -0.25) is 9.78 Å². The summed E-state index contributed by atoms with van der Waals surface area (Å²) in [5.74, 6) is 0.865. The van der Waals surface area contributed by atoms with Gasteiger partial charge in [0.1, 0.15) is 5.82 Å². The van der Waals surface area contributed by atoms with Gasteiger partial charge in [0.05, 0.1) is 6.61 Å². The van der Waals surface area contributed by atoms with Crippen LogP contribution in [0.5, 0.6) is 0 Å². The molecule has 1 N–H and O–H groups in total. The van der Waals surface area contributed by atoms with Crippen molar-refractivity contribution in [3.8, 4) is 0 Å². The molecular weight excluding hydrogens is 268 g/mol. The van der Waals surface area contributed by atoms with E-state index >= 15 is 0 Å². The first kappa shape index (κ1) is 15.2. The molecule has 0 radical (unpaired) electrons. The number of hydrogen-bond acceptors (Lipinski definition) is 4. The molecule has 0 atom stereocenters. The van der Waals surface area contributed by atoms with Crippen LogP contribution in [-0.4, -0.2) is 40.7 Å². The van der Waals surface area contributed by atoms with Crippen molar-refractivity contribution < 1.29 is 9.53 Å². The Morgan fingerprint density at radius 2 is 2.14 bits per heavy atom. The molecule has 0 bridgehead atoms. The number of carbonyl (C=O) groups excluding carboxylic acids is 1. The van der Waals surface area contributed by atoms with Crippen LogP contribution in [0.1, 0.15) is 21.9 Å². The molecule has 2 heterocycles. The van der Waals surface area contributed by atoms with Gasteiger partial charge in [-0.15, -0.1) is 0 Å². The number of aryl methyl sites for hydroxylation is 1. The van der Waals surface area contributed by atoms with Crippen molar-refractivity contribution >= 4 is 5.91 Å². The first-order valence-electron chi connectivity index (χ1n) is 6.90. The Labute approximate surface area is 124 Å². The number of hydrogen-bond donors (Lipinski definition) is 1. The molecule has 0 unspecified atom stereocenters. The van der Waals surface area contributed by atoms with Gasteiger partial charge in [0.2, 0.25) is 0 Å². The van der Waals surface area contributed by atoms with E-state index in [4.69, 9.17) is 4.74 Å². The third kappa shape index (κ3) is 4.13. The van der Waals surface area contributed by atoms with Gasteiger partial charge in [-0.2, -0.15) is 0 Å². The highest BCUT2D eigenvalue weighted by Crippen LogP contribution is 2.05. The lowest BCUT2D eigenvalue weighted by Gasteiger charge is -2.10. The zero-order valence-electron chi connectivity index (χ0n) is 12.4. The highest BCUT2D eigenvalue weighted by atomic mass is 16.5. The van der Waals surface area contributed by atoms with E-state index in [2.05, 4.69) is 19.9 Å². The Hall–Kier alpha value is -2.21. The molecule has 1 amide bonds. The molecule has 112 valence electrons. The second kappa shape index (κ2) is 7.54. The zero-order valence-corrected chi connectivity index (χ0v) is 12.4. The number of carbonyl (C=O) groups is 1. The van der Waals surface area contributed by atoms with Gasteiger partial charge < -0.3 is 14.6 Å². The summed E-state index contributed by atoms with van der Waals surface area (Å²) in [4.78, 5) is 20.2. The zero-order chi connectivity index (χ0) is 15.1. The van der Waals surface area contributed by atoms with Gasteiger partial charge >= 0.3 is 0 Å². The number of rotatable bonds is 7. The lowest BCUT2D eigenvalue weighted by molar-refractivity contribution is 0.0953. The average molecular weight is 288 g/mol. The average Bonchev–Trinajstić information content (AvgIpc) is 2.86. The van der Waals surface area contributed by atoms with Crippen LogP contribution in [0.3, 0.4) is 0 Å². The number of methoxy groups -OCH3 is 1. The maximum atomic E-state index is 11.9. The summed E-state index contributed by atoms with van der Waals surface area (Å²) in [5.41, 5.74) is 1.71. The number of aromatic nitrogens is 3. The Morgan fingerprint density at radius 1 is 1.38 bits per heavy atom. The van der Waals surface area contributed by atoms with E-state index in [1.54, 1.807) is 31.6 Å². The Kier molecular flexibility index (Phi) is 5.45. The molecule has 2 aromatic heterocycles. The molecule has 0 spiro atoms. The number of amides is 1. The molecule has 0 aliphatic carbocycles. The summed E-state index contributed by atoms with van der Waals surface area (Å²) in [6, 6.07) is 3.39. The van der Waals surface area contributed by atoms with Crippen LogP contribution in [0, 0.1) is 6.92 Å². The van der Waals surface area contributed by atoms with E-state index < -0.39 is 0 Å². The first-order valence-corrected chi connectivity index (χ1v) is 6.90. The van der Waals surface area contributed by atoms with Crippen molar-refractivity contribution in [2.24, 2.45) is 0 Å². The Balaban J connectivity index is 1.87. The fraction of sp³-hybridized carbons (Fsp3) is 0.400. The van der Waals surface area contributed by atoms with Crippen molar-refractivity contribution in [3.05, 3.63) is 47.8 Å². The quantitative estimate of drug-likeness (QED) is 0.831. The number of nitrogens with one attached hydrogen (secondary N) is 1. The summed E-state index contributed by atoms with van der Waals surface area (Å²) in [5, 5.41) is 2.89. The molecule has 0 fully saturated rings. The molecule has 6 heteroatoms. The van der Waals surface area contributed by atoms with Gasteiger partial charge in [-0.25, -0.2) is 4.98 Å². The molecule has 2 aromatic rings. The number of nitrogens with zero attached hydrogens (tertiary/aromatic N) is 3. The minimum absolute atomic E-state index is 0.0934. The normalized spacial score (nSPS) is 10.6. The van der Waals surface area contributed by atoms with Crippen molar-refractivity contribution in [3.63, 3.8) is 0 Å². The molecule has 2 rings (SSSR count). The van der Waals surface area contributed by atoms with Crippen molar-refractivity contribution in [2.45, 2.75) is 19.9 Å². The standard InChI is InChI=1S/C15H20N4O2/c1-12-11-18-14(19(12)9-10-21-2)5-8-17-15(20)13-3-6-16-7-4-13/h3-4,6-7,11H,5,8-10H2,1-2H3,(H,17,20). The van der Waals surface area contributed by atoms with Crippen molar-refractivity contribution in [1.29, 1.82) is 0 Å². The van der Waals surface area contributed by atoms with E-state index in [1.807, 2.05) is 13.1 Å². The molecular formula is C15H20N4O2. The fourth-order valence-electron chi connectivity index (χ4n) is 2.09. The molecule has 21 heavy (non-hydrogen) atoms. The molecule has 6 nitrogen and oxygen atoms in total. The van der Waals surface area contributed by atoms with E-state index in [0.29, 0.717) is 25.1 Å². The smallest absolute Gasteiger partial charge is 0.251 e. The van der Waals surface area contributed by atoms with Crippen molar-refractivity contribution in [1.82, 2.24) is 19.9 Å². The summed E-state index contributed by atoms with van der Waals surface area (Å²) in [7, 11) is 1.68. The lowest BCUT2D eigenvalue weighted by atomic mass is 10.2. The minimum atomic E-state index is -0.0934. The highest BCUT2D eigenvalue weighted by Gasteiger charge is 2.08. The third-order valence-electron chi connectivity index (χ3n) is 3.23. The molecule has 0 saturated heterocycles. The largest absolute Gasteiger partial charge is 0.383 e. The summed E-state index contributed by atoms with van der Waals surface area (Å²) in [6.07, 6.45) is 5.75. The second-order valence-corrected chi connectivity index (χ2v) is 4.70. The number of imidazole rings is 1. The van der Waals surface area contributed by atoms with Gasteiger partial charge in [0.25, 0.3) is 5.91 Å². The second-order valence-electron chi connectivity index (χ2n) is 4.70. The first-order chi connectivity index (χ1) is 10.2. The van der Waals surface area contributed by atoms with Crippen LogP contribution in [-0.2, 0) is 17.7 Å². The SMILES string of the molecule is COCCn1c(C)cnc1CCNC(=O)c1ccncc1. The van der Waals surface area contributed by atoms with Crippen LogP contribution in [0.4, 0.5) is 0 Å². The topological polar surface area (TPSA) is 69.0 Å². The van der Waals surface area contributed by atoms with Gasteiger partial charge in [-0.05, 0) is 19.1 Å². The van der Waals surface area contributed by atoms with Crippen LogP contribution in [0.15, 0.2) is 30.7 Å². The maximum Gasteiger partial charge on any atom is 0.251 e. The Morgan fingerprint density at radius 3 is 2.86 bits per heavy atom. The summed E-state index contributed by atoms with van der Waals surface area (Å²) in [6.45, 7) is 3.98. The summed E-state index contributed by atoms with van der Waals surface area (Å²) < 4.78 is 7.21.